The van der Waals surface area contributed by atoms with E-state index in [0.29, 0.717) is 0 Å². The number of hydrogen-bond acceptors (Lipinski definition) is 3. The van der Waals surface area contributed by atoms with E-state index < -0.39 is 0 Å². The third kappa shape index (κ3) is 3.50. The molecule has 0 N–H and O–H groups in total. The van der Waals surface area contributed by atoms with E-state index >= 15 is 0 Å². The van der Waals surface area contributed by atoms with E-state index in [4.69, 9.17) is 9.47 Å². The molecule has 0 atom stereocenters. The van der Waals surface area contributed by atoms with Crippen molar-refractivity contribution in [2.24, 2.45) is 0 Å². The highest BCUT2D eigenvalue weighted by molar-refractivity contribution is 7.01. The number of rotatable bonds is 3. The summed E-state index contributed by atoms with van der Waals surface area (Å²) in [6.45, 7) is -0.0971. The number of fused-ring (bicyclic) bond motifs is 8. The van der Waals surface area contributed by atoms with E-state index in [1.165, 1.54) is 32.5 Å². The van der Waals surface area contributed by atoms with Crippen LogP contribution in [-0.2, 0) is 0 Å². The normalized spacial score (nSPS) is 13.4. The van der Waals surface area contributed by atoms with Crippen LogP contribution in [-0.4, -0.2) is 15.8 Å². The molecule has 0 unspecified atom stereocenters. The molecule has 0 aliphatic carbocycles. The van der Waals surface area contributed by atoms with Gasteiger partial charge in [0.2, 0.25) is 0 Å². The highest BCUT2D eigenvalue weighted by Crippen LogP contribution is 2.53. The fraction of sp³-hybridized carbons (Fsp3) is 0. The third-order valence-corrected chi connectivity index (χ3v) is 11.7. The van der Waals surface area contributed by atoms with Gasteiger partial charge in [0.15, 0.2) is 0 Å². The van der Waals surface area contributed by atoms with Crippen molar-refractivity contribution in [2.45, 2.75) is 0 Å². The van der Waals surface area contributed by atoms with Crippen molar-refractivity contribution in [3.05, 3.63) is 170 Å². The lowest BCUT2D eigenvalue weighted by atomic mass is 9.33. The van der Waals surface area contributed by atoms with Crippen LogP contribution in [0.25, 0.3) is 55.0 Å². The molecule has 0 fully saturated rings. The quantitative estimate of drug-likeness (QED) is 0.173. The molecule has 13 rings (SSSR count). The van der Waals surface area contributed by atoms with Crippen molar-refractivity contribution in [1.29, 1.82) is 0 Å². The Labute approximate surface area is 310 Å². The molecule has 5 nitrogen and oxygen atoms in total. The maximum Gasteiger partial charge on any atom is 0.266 e. The molecule has 3 aliphatic rings. The van der Waals surface area contributed by atoms with E-state index in [-0.39, 0.29) is 6.71 Å². The van der Waals surface area contributed by atoms with Crippen LogP contribution in [0, 0.1) is 0 Å². The number of ether oxygens (including phenoxy) is 2. The Kier molecular flexibility index (Phi) is 5.39. The minimum Gasteiger partial charge on any atom is -0.458 e. The van der Waals surface area contributed by atoms with E-state index in [9.17, 15) is 0 Å². The van der Waals surface area contributed by atoms with Crippen LogP contribution in [0.4, 0.5) is 17.1 Å². The van der Waals surface area contributed by atoms with Crippen LogP contribution in [0.2, 0.25) is 0 Å². The van der Waals surface area contributed by atoms with Crippen LogP contribution in [0.5, 0.6) is 23.0 Å². The van der Waals surface area contributed by atoms with Crippen molar-refractivity contribution in [3.8, 4) is 34.4 Å². The molecule has 0 spiro atoms. The lowest BCUT2D eigenvalue weighted by Crippen LogP contribution is -2.61. The van der Waals surface area contributed by atoms with E-state index in [0.717, 1.165) is 79.0 Å². The van der Waals surface area contributed by atoms with Gasteiger partial charge in [-0.1, -0.05) is 97.1 Å². The summed E-state index contributed by atoms with van der Waals surface area (Å²) in [6, 6.07) is 60.6. The van der Waals surface area contributed by atoms with Gasteiger partial charge in [0, 0.05) is 56.2 Å². The Morgan fingerprint density at radius 2 is 0.778 bits per heavy atom. The molecule has 0 amide bonds. The Morgan fingerprint density at radius 1 is 0.352 bits per heavy atom. The van der Waals surface area contributed by atoms with Crippen LogP contribution in [0.1, 0.15) is 0 Å². The molecule has 3 aliphatic heterocycles. The highest BCUT2D eigenvalue weighted by Gasteiger charge is 2.49. The number of benzene rings is 8. The SMILES string of the molecule is c1ccc(N2c3c4c(cc5c3c3ccccc3n5-c3ccccc3)Oc3cccc5c3B4c3c(cc4c(c32)c2ccccc2n4-c2ccccc2)O5)cc1. The van der Waals surface area contributed by atoms with Gasteiger partial charge in [0.1, 0.15) is 23.0 Å². The molecule has 0 saturated heterocycles. The van der Waals surface area contributed by atoms with Gasteiger partial charge in [-0.25, -0.2) is 0 Å². The van der Waals surface area contributed by atoms with Crippen molar-refractivity contribution < 1.29 is 9.47 Å². The fourth-order valence-electron chi connectivity index (χ4n) is 9.70. The molecule has 10 aromatic rings. The highest BCUT2D eigenvalue weighted by atomic mass is 16.5. The van der Waals surface area contributed by atoms with Gasteiger partial charge in [-0.2, -0.15) is 0 Å². The number of hydrogen-bond donors (Lipinski definition) is 0. The molecular formula is C48H28BN3O2. The third-order valence-electron chi connectivity index (χ3n) is 11.7. The van der Waals surface area contributed by atoms with Gasteiger partial charge >= 0.3 is 0 Å². The summed E-state index contributed by atoms with van der Waals surface area (Å²) in [5, 5.41) is 4.79. The molecule has 0 bridgehead atoms. The van der Waals surface area contributed by atoms with Crippen molar-refractivity contribution in [1.82, 2.24) is 9.13 Å². The summed E-state index contributed by atoms with van der Waals surface area (Å²) in [5.41, 5.74) is 13.5. The first-order valence-electron chi connectivity index (χ1n) is 18.5. The summed E-state index contributed by atoms with van der Waals surface area (Å²) in [6.07, 6.45) is 0. The first-order valence-corrected chi connectivity index (χ1v) is 18.5. The predicted molar refractivity (Wildman–Crippen MR) is 221 cm³/mol. The Morgan fingerprint density at radius 3 is 1.26 bits per heavy atom. The standard InChI is InChI=1S/C48H28BN3O2/c1-4-15-29(16-5-1)50-34-23-12-10-21-32(34)42-36(50)27-40-45-47(42)52(31-19-8-3-9-20-31)48-43-33-22-11-13-24-35(33)51(30-17-6-2-7-18-30)37(43)28-41-46(48)49(45)44-38(53-40)25-14-26-39(44)54-41/h1-28H. The van der Waals surface area contributed by atoms with Crippen molar-refractivity contribution in [2.75, 3.05) is 4.90 Å². The first-order chi connectivity index (χ1) is 26.8. The van der Waals surface area contributed by atoms with E-state index in [2.05, 4.69) is 178 Å². The molecule has 8 aromatic carbocycles. The molecule has 0 radical (unpaired) electrons. The van der Waals surface area contributed by atoms with Gasteiger partial charge in [0.05, 0.1) is 33.4 Å². The Hall–Kier alpha value is -7.18. The molecule has 5 heterocycles. The Balaban J connectivity index is 1.29. The molecule has 54 heavy (non-hydrogen) atoms. The topological polar surface area (TPSA) is 31.6 Å². The van der Waals surface area contributed by atoms with Crippen LogP contribution in [0.15, 0.2) is 170 Å². The molecule has 6 heteroatoms. The molecule has 2 aromatic heterocycles. The minimum atomic E-state index is -0.0971. The van der Waals surface area contributed by atoms with E-state index in [1.807, 2.05) is 6.07 Å². The summed E-state index contributed by atoms with van der Waals surface area (Å²) in [7, 11) is 0. The van der Waals surface area contributed by atoms with Crippen LogP contribution < -0.4 is 30.8 Å². The smallest absolute Gasteiger partial charge is 0.266 e. The van der Waals surface area contributed by atoms with Gasteiger partial charge in [-0.05, 0) is 71.6 Å². The largest absolute Gasteiger partial charge is 0.458 e. The van der Waals surface area contributed by atoms with Gasteiger partial charge in [-0.3, -0.25) is 0 Å². The van der Waals surface area contributed by atoms with Gasteiger partial charge in [-0.15, -0.1) is 0 Å². The second-order valence-electron chi connectivity index (χ2n) is 14.4. The Bertz CT molecular complexity index is 3030. The minimum absolute atomic E-state index is 0.0971. The summed E-state index contributed by atoms with van der Waals surface area (Å²) in [5.74, 6) is 3.43. The summed E-state index contributed by atoms with van der Waals surface area (Å²) >= 11 is 0. The van der Waals surface area contributed by atoms with E-state index in [1.54, 1.807) is 0 Å². The monoisotopic (exact) mass is 689 g/mol. The van der Waals surface area contributed by atoms with Gasteiger partial charge in [0.25, 0.3) is 6.71 Å². The number of nitrogens with zero attached hydrogens (tertiary/aromatic N) is 3. The molecule has 0 saturated carbocycles. The second kappa shape index (κ2) is 10.2. The maximum atomic E-state index is 7.02. The summed E-state index contributed by atoms with van der Waals surface area (Å²) < 4.78 is 18.8. The number of aromatic nitrogens is 2. The molecular weight excluding hydrogens is 661 g/mol. The average molecular weight is 690 g/mol. The number of anilines is 3. The van der Waals surface area contributed by atoms with Crippen molar-refractivity contribution in [3.63, 3.8) is 0 Å². The lowest BCUT2D eigenvalue weighted by molar-refractivity contribution is 0.465. The molecule has 250 valence electrons. The zero-order valence-electron chi connectivity index (χ0n) is 28.9. The number of para-hydroxylation sites is 5. The lowest BCUT2D eigenvalue weighted by Gasteiger charge is -2.43. The zero-order chi connectivity index (χ0) is 35.1. The second-order valence-corrected chi connectivity index (χ2v) is 14.4. The van der Waals surface area contributed by atoms with Gasteiger partial charge < -0.3 is 23.5 Å². The van der Waals surface area contributed by atoms with Crippen molar-refractivity contribution >= 4 is 83.8 Å². The van der Waals surface area contributed by atoms with Crippen LogP contribution >= 0.6 is 0 Å². The average Bonchev–Trinajstić information content (AvgIpc) is 3.74. The van der Waals surface area contributed by atoms with Crippen LogP contribution in [0.3, 0.4) is 0 Å². The maximum absolute atomic E-state index is 7.02. The first kappa shape index (κ1) is 28.4. The fourth-order valence-corrected chi connectivity index (χ4v) is 9.70. The zero-order valence-corrected chi connectivity index (χ0v) is 28.9. The predicted octanol–water partition coefficient (Wildman–Crippen LogP) is 10.4. The summed E-state index contributed by atoms with van der Waals surface area (Å²) in [4.78, 5) is 2.52.